The molecule has 2 aliphatic heterocycles. The maximum absolute atomic E-state index is 5.40. The highest BCUT2D eigenvalue weighted by Gasteiger charge is 2.19. The van der Waals surface area contributed by atoms with Crippen LogP contribution in [0, 0.1) is 5.92 Å². The molecule has 0 saturated carbocycles. The van der Waals surface area contributed by atoms with Gasteiger partial charge in [-0.15, -0.1) is 0 Å². The molecule has 1 atom stereocenters. The lowest BCUT2D eigenvalue weighted by molar-refractivity contribution is 0.0543. The molecule has 2 fully saturated rings. The van der Waals surface area contributed by atoms with Crippen LogP contribution in [0.3, 0.4) is 0 Å². The molecule has 94 valence electrons. The first kappa shape index (κ1) is 12.3. The smallest absolute Gasteiger partial charge is 0.0469 e. The molecule has 0 bridgehead atoms. The Morgan fingerprint density at radius 1 is 1.12 bits per heavy atom. The predicted molar refractivity (Wildman–Crippen MR) is 66.7 cm³/mol. The molecule has 0 aliphatic carbocycles. The molecule has 3 heteroatoms. The van der Waals surface area contributed by atoms with Crippen molar-refractivity contribution in [3.8, 4) is 0 Å². The highest BCUT2D eigenvalue weighted by Crippen LogP contribution is 2.16. The standard InChI is InChI=1S/C13H26N2O/c1-15(10-12-5-8-16-9-6-12)11-13-4-2-3-7-14-13/h12-14H,2-11H2,1H3. The fourth-order valence-electron chi connectivity index (χ4n) is 2.90. The van der Waals surface area contributed by atoms with E-state index < -0.39 is 0 Å². The third kappa shape index (κ3) is 4.04. The van der Waals surface area contributed by atoms with Gasteiger partial charge in [0.15, 0.2) is 0 Å². The third-order valence-electron chi connectivity index (χ3n) is 3.86. The van der Waals surface area contributed by atoms with Gasteiger partial charge in [-0.25, -0.2) is 0 Å². The van der Waals surface area contributed by atoms with E-state index in [0.29, 0.717) is 0 Å². The summed E-state index contributed by atoms with van der Waals surface area (Å²) in [6.07, 6.45) is 6.63. The molecule has 0 amide bonds. The first-order chi connectivity index (χ1) is 7.84. The van der Waals surface area contributed by atoms with Crippen LogP contribution in [-0.4, -0.2) is 50.8 Å². The monoisotopic (exact) mass is 226 g/mol. The third-order valence-corrected chi connectivity index (χ3v) is 3.86. The van der Waals surface area contributed by atoms with Crippen LogP contribution >= 0.6 is 0 Å². The highest BCUT2D eigenvalue weighted by molar-refractivity contribution is 4.76. The number of nitrogens with one attached hydrogen (secondary N) is 1. The Hall–Kier alpha value is -0.120. The van der Waals surface area contributed by atoms with Crippen molar-refractivity contribution < 1.29 is 4.74 Å². The molecule has 16 heavy (non-hydrogen) atoms. The number of hydrogen-bond acceptors (Lipinski definition) is 3. The minimum absolute atomic E-state index is 0.735. The van der Waals surface area contributed by atoms with Crippen LogP contribution < -0.4 is 5.32 Å². The summed E-state index contributed by atoms with van der Waals surface area (Å²) in [7, 11) is 2.27. The van der Waals surface area contributed by atoms with Crippen LogP contribution in [0.1, 0.15) is 32.1 Å². The largest absolute Gasteiger partial charge is 0.381 e. The van der Waals surface area contributed by atoms with Gasteiger partial charge in [-0.1, -0.05) is 6.42 Å². The SMILES string of the molecule is CN(CC1CCOCC1)CC1CCCCN1. The van der Waals surface area contributed by atoms with E-state index >= 15 is 0 Å². The van der Waals surface area contributed by atoms with E-state index in [4.69, 9.17) is 4.74 Å². The summed E-state index contributed by atoms with van der Waals surface area (Å²) in [6.45, 7) is 5.63. The van der Waals surface area contributed by atoms with E-state index in [1.165, 1.54) is 51.7 Å². The summed E-state index contributed by atoms with van der Waals surface area (Å²) in [6, 6.07) is 0.735. The maximum atomic E-state index is 5.40. The van der Waals surface area contributed by atoms with Crippen LogP contribution in [0.5, 0.6) is 0 Å². The van der Waals surface area contributed by atoms with Crippen LogP contribution in [0.2, 0.25) is 0 Å². The summed E-state index contributed by atoms with van der Waals surface area (Å²) >= 11 is 0. The number of hydrogen-bond donors (Lipinski definition) is 1. The van der Waals surface area contributed by atoms with E-state index in [0.717, 1.165) is 25.2 Å². The normalized spacial score (nSPS) is 28.5. The average Bonchev–Trinajstić information content (AvgIpc) is 2.31. The number of ether oxygens (including phenoxy) is 1. The zero-order chi connectivity index (χ0) is 11.2. The lowest BCUT2D eigenvalue weighted by Crippen LogP contribution is -2.43. The summed E-state index contributed by atoms with van der Waals surface area (Å²) in [5.41, 5.74) is 0. The Balaban J connectivity index is 1.64. The van der Waals surface area contributed by atoms with Gasteiger partial charge in [0.1, 0.15) is 0 Å². The Morgan fingerprint density at radius 2 is 1.94 bits per heavy atom. The number of rotatable bonds is 4. The number of likely N-dealkylation sites (N-methyl/N-ethyl adjacent to an activating group) is 1. The Morgan fingerprint density at radius 3 is 2.62 bits per heavy atom. The van der Waals surface area contributed by atoms with Gasteiger partial charge < -0.3 is 15.0 Å². The van der Waals surface area contributed by atoms with Crippen molar-refractivity contribution in [1.82, 2.24) is 10.2 Å². The summed E-state index contributed by atoms with van der Waals surface area (Å²) in [5.74, 6) is 0.863. The second-order valence-corrected chi connectivity index (χ2v) is 5.42. The summed E-state index contributed by atoms with van der Waals surface area (Å²) in [4.78, 5) is 2.51. The Labute approximate surface area is 99.5 Å². The minimum Gasteiger partial charge on any atom is -0.381 e. The van der Waals surface area contributed by atoms with E-state index in [9.17, 15) is 0 Å². The Kier molecular flexibility index (Phi) is 5.07. The van der Waals surface area contributed by atoms with Gasteiger partial charge in [-0.3, -0.25) is 0 Å². The topological polar surface area (TPSA) is 24.5 Å². The first-order valence-corrected chi connectivity index (χ1v) is 6.84. The first-order valence-electron chi connectivity index (χ1n) is 6.84. The molecule has 0 spiro atoms. The van der Waals surface area contributed by atoms with Crippen molar-refractivity contribution in [2.24, 2.45) is 5.92 Å². The summed E-state index contributed by atoms with van der Waals surface area (Å²) < 4.78 is 5.40. The predicted octanol–water partition coefficient (Wildman–Crippen LogP) is 1.49. The van der Waals surface area contributed by atoms with Gasteiger partial charge in [0.25, 0.3) is 0 Å². The van der Waals surface area contributed by atoms with Crippen molar-refractivity contribution >= 4 is 0 Å². The van der Waals surface area contributed by atoms with E-state index in [2.05, 4.69) is 17.3 Å². The second-order valence-electron chi connectivity index (χ2n) is 5.42. The van der Waals surface area contributed by atoms with E-state index in [1.807, 2.05) is 0 Å². The lowest BCUT2D eigenvalue weighted by atomic mass is 9.99. The van der Waals surface area contributed by atoms with Crippen LogP contribution in [0.15, 0.2) is 0 Å². The molecular weight excluding hydrogens is 200 g/mol. The molecule has 2 aliphatic rings. The van der Waals surface area contributed by atoms with Crippen molar-refractivity contribution in [2.75, 3.05) is 39.9 Å². The molecule has 2 saturated heterocycles. The van der Waals surface area contributed by atoms with Gasteiger partial charge in [-0.2, -0.15) is 0 Å². The van der Waals surface area contributed by atoms with Crippen molar-refractivity contribution in [3.05, 3.63) is 0 Å². The second kappa shape index (κ2) is 6.58. The van der Waals surface area contributed by atoms with Gasteiger partial charge in [-0.05, 0) is 45.2 Å². The number of piperidine rings is 1. The summed E-state index contributed by atoms with van der Waals surface area (Å²) in [5, 5.41) is 3.62. The van der Waals surface area contributed by atoms with E-state index in [-0.39, 0.29) is 0 Å². The molecule has 0 aromatic heterocycles. The molecule has 0 radical (unpaired) electrons. The van der Waals surface area contributed by atoms with Crippen molar-refractivity contribution in [1.29, 1.82) is 0 Å². The molecule has 1 unspecified atom stereocenters. The molecule has 0 aromatic carbocycles. The lowest BCUT2D eigenvalue weighted by Gasteiger charge is -2.31. The Bertz CT molecular complexity index is 166. The zero-order valence-electron chi connectivity index (χ0n) is 10.6. The maximum Gasteiger partial charge on any atom is 0.0469 e. The van der Waals surface area contributed by atoms with Gasteiger partial charge in [0, 0.05) is 32.3 Å². The average molecular weight is 226 g/mol. The van der Waals surface area contributed by atoms with Crippen LogP contribution in [0.4, 0.5) is 0 Å². The van der Waals surface area contributed by atoms with Crippen molar-refractivity contribution in [2.45, 2.75) is 38.1 Å². The fourth-order valence-corrected chi connectivity index (χ4v) is 2.90. The van der Waals surface area contributed by atoms with E-state index in [1.54, 1.807) is 0 Å². The van der Waals surface area contributed by atoms with Crippen LogP contribution in [0.25, 0.3) is 0 Å². The molecule has 2 heterocycles. The molecule has 1 N–H and O–H groups in total. The molecule has 0 aromatic rings. The van der Waals surface area contributed by atoms with Crippen molar-refractivity contribution in [3.63, 3.8) is 0 Å². The van der Waals surface area contributed by atoms with Gasteiger partial charge in [0.2, 0.25) is 0 Å². The van der Waals surface area contributed by atoms with Gasteiger partial charge in [0.05, 0.1) is 0 Å². The molecule has 2 rings (SSSR count). The number of nitrogens with zero attached hydrogens (tertiary/aromatic N) is 1. The minimum atomic E-state index is 0.735. The van der Waals surface area contributed by atoms with Crippen LogP contribution in [-0.2, 0) is 4.74 Å². The quantitative estimate of drug-likeness (QED) is 0.786. The zero-order valence-corrected chi connectivity index (χ0v) is 10.6. The van der Waals surface area contributed by atoms with Gasteiger partial charge >= 0.3 is 0 Å². The molecule has 3 nitrogen and oxygen atoms in total. The highest BCUT2D eigenvalue weighted by atomic mass is 16.5. The molecular formula is C13H26N2O. The fraction of sp³-hybridized carbons (Fsp3) is 1.00.